The summed E-state index contributed by atoms with van der Waals surface area (Å²) in [5, 5.41) is 11.0. The molecule has 0 fully saturated rings. The highest BCUT2D eigenvalue weighted by atomic mass is 19.1. The first-order valence-corrected chi connectivity index (χ1v) is 6.86. The van der Waals surface area contributed by atoms with Crippen LogP contribution in [0.15, 0.2) is 18.2 Å². The number of carbonyl (C=O) groups is 2. The molecule has 0 aromatic heterocycles. The summed E-state index contributed by atoms with van der Waals surface area (Å²) in [6.07, 6.45) is 3.74. The predicted molar refractivity (Wildman–Crippen MR) is 82.7 cm³/mol. The second-order valence-corrected chi connectivity index (χ2v) is 4.19. The molecule has 0 saturated heterocycles. The van der Waals surface area contributed by atoms with Crippen molar-refractivity contribution in [1.29, 1.82) is 0 Å². The summed E-state index contributed by atoms with van der Waals surface area (Å²) >= 11 is 0. The van der Waals surface area contributed by atoms with Crippen LogP contribution in [0.25, 0.3) is 6.08 Å². The maximum Gasteiger partial charge on any atom is 0.303 e. The van der Waals surface area contributed by atoms with Gasteiger partial charge in [0.2, 0.25) is 5.91 Å². The van der Waals surface area contributed by atoms with Crippen LogP contribution in [-0.2, 0) is 9.59 Å². The average molecular weight is 295 g/mol. The van der Waals surface area contributed by atoms with E-state index in [9.17, 15) is 14.0 Å². The van der Waals surface area contributed by atoms with Crippen LogP contribution in [0.1, 0.15) is 44.7 Å². The van der Waals surface area contributed by atoms with Gasteiger partial charge in [0.15, 0.2) is 0 Å². The van der Waals surface area contributed by atoms with E-state index in [-0.39, 0.29) is 12.3 Å². The largest absolute Gasteiger partial charge is 0.481 e. The van der Waals surface area contributed by atoms with E-state index in [2.05, 4.69) is 5.32 Å². The van der Waals surface area contributed by atoms with Gasteiger partial charge in [0.25, 0.3) is 0 Å². The van der Waals surface area contributed by atoms with Crippen LogP contribution in [0.3, 0.4) is 0 Å². The number of nitrogens with one attached hydrogen (secondary N) is 1. The van der Waals surface area contributed by atoms with Gasteiger partial charge in [-0.1, -0.05) is 26.0 Å². The number of hydrogen-bond acceptors (Lipinski definition) is 2. The molecule has 1 rings (SSSR count). The maximum atomic E-state index is 13.6. The second kappa shape index (κ2) is 9.69. The van der Waals surface area contributed by atoms with E-state index in [1.54, 1.807) is 25.1 Å². The first-order chi connectivity index (χ1) is 9.90. The summed E-state index contributed by atoms with van der Waals surface area (Å²) in [5.41, 5.74) is 1.46. The summed E-state index contributed by atoms with van der Waals surface area (Å²) in [5.74, 6) is -1.56. The molecule has 1 aromatic carbocycles. The molecule has 0 saturated carbocycles. The van der Waals surface area contributed by atoms with Crippen molar-refractivity contribution < 1.29 is 19.1 Å². The molecule has 116 valence electrons. The number of hydrogen-bond donors (Lipinski definition) is 2. The molecule has 1 aromatic rings. The normalized spacial score (nSPS) is 9.95. The van der Waals surface area contributed by atoms with Crippen molar-refractivity contribution in [3.05, 3.63) is 35.2 Å². The molecule has 0 bridgehead atoms. The number of carbonyl (C=O) groups excluding carboxylic acids is 1. The molecule has 0 aliphatic rings. The van der Waals surface area contributed by atoms with Crippen LogP contribution >= 0.6 is 0 Å². The monoisotopic (exact) mass is 295 g/mol. The van der Waals surface area contributed by atoms with Crippen molar-refractivity contribution in [2.75, 3.05) is 5.32 Å². The number of carboxylic acids is 1. The third kappa shape index (κ3) is 7.25. The smallest absolute Gasteiger partial charge is 0.303 e. The number of anilines is 1. The Labute approximate surface area is 124 Å². The highest BCUT2D eigenvalue weighted by molar-refractivity contribution is 5.89. The minimum Gasteiger partial charge on any atom is -0.481 e. The lowest BCUT2D eigenvalue weighted by Crippen LogP contribution is -2.06. The fourth-order valence-corrected chi connectivity index (χ4v) is 1.57. The zero-order chi connectivity index (χ0) is 16.4. The van der Waals surface area contributed by atoms with Crippen LogP contribution in [0.5, 0.6) is 0 Å². The Balaban J connectivity index is 0.00000191. The second-order valence-electron chi connectivity index (χ2n) is 4.19. The molecule has 1 amide bonds. The van der Waals surface area contributed by atoms with Gasteiger partial charge in [-0.3, -0.25) is 9.59 Å². The van der Waals surface area contributed by atoms with Crippen LogP contribution in [0.4, 0.5) is 10.1 Å². The lowest BCUT2D eigenvalue weighted by atomic mass is 10.1. The SMILES string of the molecule is CC.CC(=O)Nc1cc(F)c(C)c(/C=C\CCC(=O)O)c1. The Bertz CT molecular complexity index is 524. The van der Waals surface area contributed by atoms with E-state index >= 15 is 0 Å². The average Bonchev–Trinajstić information content (AvgIpc) is 2.41. The Morgan fingerprint density at radius 2 is 1.95 bits per heavy atom. The van der Waals surface area contributed by atoms with Gasteiger partial charge in [-0.05, 0) is 36.6 Å². The number of amides is 1. The van der Waals surface area contributed by atoms with Gasteiger partial charge < -0.3 is 10.4 Å². The molecule has 0 aliphatic carbocycles. The minimum absolute atomic E-state index is 0.0312. The summed E-state index contributed by atoms with van der Waals surface area (Å²) in [6.45, 7) is 6.98. The molecule has 21 heavy (non-hydrogen) atoms. The van der Waals surface area contributed by atoms with E-state index in [1.165, 1.54) is 13.0 Å². The van der Waals surface area contributed by atoms with Crippen molar-refractivity contribution in [2.24, 2.45) is 0 Å². The Hall–Kier alpha value is -2.17. The molecular formula is C16H22FNO3. The number of rotatable bonds is 5. The van der Waals surface area contributed by atoms with E-state index in [0.29, 0.717) is 23.2 Å². The van der Waals surface area contributed by atoms with E-state index in [0.717, 1.165) is 0 Å². The van der Waals surface area contributed by atoms with Crippen molar-refractivity contribution in [3.8, 4) is 0 Å². The molecule has 4 nitrogen and oxygen atoms in total. The lowest BCUT2D eigenvalue weighted by Gasteiger charge is -2.07. The maximum absolute atomic E-state index is 13.6. The third-order valence-electron chi connectivity index (χ3n) is 2.53. The Kier molecular flexibility index (Phi) is 8.69. The van der Waals surface area contributed by atoms with Crippen molar-refractivity contribution >= 4 is 23.6 Å². The molecule has 5 heteroatoms. The Morgan fingerprint density at radius 3 is 2.48 bits per heavy atom. The van der Waals surface area contributed by atoms with Crippen molar-refractivity contribution in [2.45, 2.75) is 40.5 Å². The van der Waals surface area contributed by atoms with E-state index < -0.39 is 11.8 Å². The number of aliphatic carboxylic acids is 1. The standard InChI is InChI=1S/C14H16FNO3.C2H6/c1-9-11(5-3-4-6-14(18)19)7-12(8-13(9)15)16-10(2)17;1-2/h3,5,7-8H,4,6H2,1-2H3,(H,16,17)(H,18,19);1-2H3/b5-3-;. The highest BCUT2D eigenvalue weighted by Crippen LogP contribution is 2.21. The van der Waals surface area contributed by atoms with Crippen LogP contribution in [0.2, 0.25) is 0 Å². The third-order valence-corrected chi connectivity index (χ3v) is 2.53. The zero-order valence-corrected chi connectivity index (χ0v) is 12.9. The zero-order valence-electron chi connectivity index (χ0n) is 12.9. The van der Waals surface area contributed by atoms with Crippen LogP contribution in [-0.4, -0.2) is 17.0 Å². The summed E-state index contributed by atoms with van der Waals surface area (Å²) < 4.78 is 13.6. The summed E-state index contributed by atoms with van der Waals surface area (Å²) in [6, 6.07) is 2.91. The lowest BCUT2D eigenvalue weighted by molar-refractivity contribution is -0.136. The van der Waals surface area contributed by atoms with Gasteiger partial charge in [-0.2, -0.15) is 0 Å². The summed E-state index contributed by atoms with van der Waals surface area (Å²) in [7, 11) is 0. The predicted octanol–water partition coefficient (Wildman–Crippen LogP) is 4.00. The fraction of sp³-hybridized carbons (Fsp3) is 0.375. The molecule has 0 heterocycles. The van der Waals surface area contributed by atoms with Crippen molar-refractivity contribution in [3.63, 3.8) is 0 Å². The van der Waals surface area contributed by atoms with Crippen LogP contribution in [0, 0.1) is 12.7 Å². The topological polar surface area (TPSA) is 66.4 Å². The van der Waals surface area contributed by atoms with Crippen molar-refractivity contribution in [1.82, 2.24) is 0 Å². The number of carboxylic acid groups (broad SMARTS) is 1. The van der Waals surface area contributed by atoms with Gasteiger partial charge in [-0.25, -0.2) is 4.39 Å². The fourth-order valence-electron chi connectivity index (χ4n) is 1.57. The molecule has 0 radical (unpaired) electrons. The molecule has 2 N–H and O–H groups in total. The van der Waals surface area contributed by atoms with Gasteiger partial charge in [0.1, 0.15) is 5.82 Å². The first kappa shape index (κ1) is 18.8. The molecule has 0 unspecified atom stereocenters. The highest BCUT2D eigenvalue weighted by Gasteiger charge is 2.06. The van der Waals surface area contributed by atoms with E-state index in [1.807, 2.05) is 13.8 Å². The van der Waals surface area contributed by atoms with Gasteiger partial charge in [0.05, 0.1) is 0 Å². The molecule has 0 atom stereocenters. The number of allylic oxidation sites excluding steroid dienone is 1. The number of halogens is 1. The number of benzene rings is 1. The molecular weight excluding hydrogens is 273 g/mol. The minimum atomic E-state index is -0.875. The quantitative estimate of drug-likeness (QED) is 0.863. The first-order valence-electron chi connectivity index (χ1n) is 6.86. The van der Waals surface area contributed by atoms with Crippen LogP contribution < -0.4 is 5.32 Å². The molecule has 0 aliphatic heterocycles. The van der Waals surface area contributed by atoms with E-state index in [4.69, 9.17) is 5.11 Å². The molecule has 0 spiro atoms. The Morgan fingerprint density at radius 1 is 1.33 bits per heavy atom. The van der Waals surface area contributed by atoms with Gasteiger partial charge >= 0.3 is 5.97 Å². The summed E-state index contributed by atoms with van der Waals surface area (Å²) in [4.78, 5) is 21.3. The van der Waals surface area contributed by atoms with Gasteiger partial charge in [0, 0.05) is 19.0 Å². The van der Waals surface area contributed by atoms with Gasteiger partial charge in [-0.15, -0.1) is 0 Å².